The maximum absolute atomic E-state index is 5.07. The maximum Gasteiger partial charge on any atom is 0.109 e. The molecule has 0 saturated carbocycles. The summed E-state index contributed by atoms with van der Waals surface area (Å²) in [6, 6.07) is 2.54. The Hall–Kier alpha value is -0.610. The minimum Gasteiger partial charge on any atom is -0.377 e. The number of hydrogen-bond acceptors (Lipinski definition) is 3. The number of pyridine rings is 1. The third-order valence-corrected chi connectivity index (χ3v) is 2.85. The van der Waals surface area contributed by atoms with Crippen LogP contribution in [-0.4, -0.2) is 24.2 Å². The normalized spacial score (nSPS) is 16.8. The van der Waals surface area contributed by atoms with Gasteiger partial charge in [-0.15, -0.1) is 0 Å². The van der Waals surface area contributed by atoms with Gasteiger partial charge in [0.05, 0.1) is 31.1 Å². The summed E-state index contributed by atoms with van der Waals surface area (Å²) in [6.45, 7) is 3.63. The van der Waals surface area contributed by atoms with Crippen molar-refractivity contribution in [1.82, 2.24) is 4.98 Å². The average molecular weight is 243 g/mol. The van der Waals surface area contributed by atoms with Crippen molar-refractivity contribution in [3.05, 3.63) is 22.4 Å². The van der Waals surface area contributed by atoms with Crippen LogP contribution < -0.4 is 5.32 Å². The summed E-state index contributed by atoms with van der Waals surface area (Å²) < 4.78 is 5.97. The molecule has 0 aromatic carbocycles. The quantitative estimate of drug-likeness (QED) is 0.806. The molecule has 1 fully saturated rings. The zero-order chi connectivity index (χ0) is 9.26. The fraction of sp³-hybridized carbons (Fsp3) is 0.444. The van der Waals surface area contributed by atoms with Crippen molar-refractivity contribution in [2.75, 3.05) is 18.5 Å². The van der Waals surface area contributed by atoms with Gasteiger partial charge in [0.25, 0.3) is 0 Å². The van der Waals surface area contributed by atoms with Crippen LogP contribution in [0.25, 0.3) is 0 Å². The molecule has 1 aromatic rings. The topological polar surface area (TPSA) is 34.1 Å². The first-order chi connectivity index (χ1) is 6.25. The lowest BCUT2D eigenvalue weighted by Gasteiger charge is -2.27. The van der Waals surface area contributed by atoms with E-state index >= 15 is 0 Å². The molecule has 2 heterocycles. The molecule has 2 rings (SSSR count). The van der Waals surface area contributed by atoms with Gasteiger partial charge in [-0.25, -0.2) is 4.98 Å². The molecule has 0 bridgehead atoms. The predicted octanol–water partition coefficient (Wildman–Crippen LogP) is 1.96. The second-order valence-corrected chi connectivity index (χ2v) is 3.96. The van der Waals surface area contributed by atoms with Crippen LogP contribution in [0.2, 0.25) is 0 Å². The number of halogens is 1. The third kappa shape index (κ3) is 2.00. The molecule has 1 aromatic heterocycles. The Morgan fingerprint density at radius 3 is 2.92 bits per heavy atom. The van der Waals surface area contributed by atoms with Gasteiger partial charge in [0.2, 0.25) is 0 Å². The van der Waals surface area contributed by atoms with Crippen LogP contribution in [0.3, 0.4) is 0 Å². The molecule has 0 radical (unpaired) electrons. The number of hydrogen-bond donors (Lipinski definition) is 1. The lowest BCUT2D eigenvalue weighted by molar-refractivity contribution is 0.0211. The van der Waals surface area contributed by atoms with E-state index in [1.165, 1.54) is 0 Å². The summed E-state index contributed by atoms with van der Waals surface area (Å²) in [4.78, 5) is 4.20. The van der Waals surface area contributed by atoms with Crippen molar-refractivity contribution in [3.8, 4) is 0 Å². The minimum atomic E-state index is 0.461. The zero-order valence-corrected chi connectivity index (χ0v) is 8.97. The van der Waals surface area contributed by atoms with Gasteiger partial charge in [-0.05, 0) is 34.5 Å². The second-order valence-electron chi connectivity index (χ2n) is 3.21. The highest BCUT2D eigenvalue weighted by Gasteiger charge is 2.17. The summed E-state index contributed by atoms with van der Waals surface area (Å²) in [6.07, 6.45) is 1.83. The van der Waals surface area contributed by atoms with Crippen LogP contribution in [-0.2, 0) is 4.74 Å². The van der Waals surface area contributed by atoms with Gasteiger partial charge < -0.3 is 10.1 Å². The fourth-order valence-electron chi connectivity index (χ4n) is 1.19. The van der Waals surface area contributed by atoms with E-state index in [-0.39, 0.29) is 0 Å². The Bertz CT molecular complexity index is 312. The van der Waals surface area contributed by atoms with Crippen molar-refractivity contribution in [2.45, 2.75) is 13.0 Å². The molecule has 0 atom stereocenters. The van der Waals surface area contributed by atoms with Gasteiger partial charge in [0, 0.05) is 0 Å². The second kappa shape index (κ2) is 3.64. The van der Waals surface area contributed by atoms with Crippen LogP contribution >= 0.6 is 15.9 Å². The molecule has 0 aliphatic carbocycles. The number of ether oxygens (including phenoxy) is 1. The maximum atomic E-state index is 5.07. The molecule has 0 unspecified atom stereocenters. The monoisotopic (exact) mass is 242 g/mol. The van der Waals surface area contributed by atoms with Crippen molar-refractivity contribution in [2.24, 2.45) is 0 Å². The molecule has 13 heavy (non-hydrogen) atoms. The van der Waals surface area contributed by atoms with Crippen molar-refractivity contribution >= 4 is 21.6 Å². The Balaban J connectivity index is 2.07. The lowest BCUT2D eigenvalue weighted by Crippen LogP contribution is -2.40. The molecule has 3 nitrogen and oxygen atoms in total. The summed E-state index contributed by atoms with van der Waals surface area (Å²) >= 11 is 3.36. The molecule has 1 aliphatic rings. The predicted molar refractivity (Wildman–Crippen MR) is 54.9 cm³/mol. The Labute approximate surface area is 85.6 Å². The standard InChI is InChI=1S/C9H11BrN2O/c1-6-2-7(3-11-9(6)10)12-8-4-13-5-8/h2-3,8,12H,4-5H2,1H3. The molecule has 0 amide bonds. The fourth-order valence-corrected chi connectivity index (χ4v) is 1.41. The number of aromatic nitrogens is 1. The highest BCUT2D eigenvalue weighted by atomic mass is 79.9. The number of aryl methyl sites for hydroxylation is 1. The highest BCUT2D eigenvalue weighted by molar-refractivity contribution is 9.10. The van der Waals surface area contributed by atoms with Crippen molar-refractivity contribution in [1.29, 1.82) is 0 Å². The smallest absolute Gasteiger partial charge is 0.109 e. The van der Waals surface area contributed by atoms with Crippen LogP contribution in [0.15, 0.2) is 16.9 Å². The average Bonchev–Trinajstić information content (AvgIpc) is 2.04. The molecular weight excluding hydrogens is 232 g/mol. The number of anilines is 1. The van der Waals surface area contributed by atoms with Gasteiger partial charge in [-0.2, -0.15) is 0 Å². The molecule has 0 spiro atoms. The zero-order valence-electron chi connectivity index (χ0n) is 7.38. The molecule has 1 N–H and O–H groups in total. The van der Waals surface area contributed by atoms with E-state index in [0.29, 0.717) is 6.04 Å². The summed E-state index contributed by atoms with van der Waals surface area (Å²) in [7, 11) is 0. The summed E-state index contributed by atoms with van der Waals surface area (Å²) in [5.41, 5.74) is 2.21. The van der Waals surface area contributed by atoms with Gasteiger partial charge in [-0.3, -0.25) is 0 Å². The van der Waals surface area contributed by atoms with Gasteiger partial charge in [-0.1, -0.05) is 0 Å². The molecular formula is C9H11BrN2O. The molecule has 4 heteroatoms. The number of rotatable bonds is 2. The Morgan fingerprint density at radius 2 is 2.38 bits per heavy atom. The van der Waals surface area contributed by atoms with Crippen LogP contribution in [0, 0.1) is 6.92 Å². The van der Waals surface area contributed by atoms with E-state index in [1.54, 1.807) is 0 Å². The Kier molecular flexibility index (Phi) is 2.51. The molecule has 1 aliphatic heterocycles. The van der Waals surface area contributed by atoms with E-state index in [2.05, 4.69) is 32.3 Å². The Morgan fingerprint density at radius 1 is 1.62 bits per heavy atom. The first-order valence-electron chi connectivity index (χ1n) is 4.22. The molecule has 70 valence electrons. The number of nitrogens with zero attached hydrogens (tertiary/aromatic N) is 1. The van der Waals surface area contributed by atoms with Crippen molar-refractivity contribution < 1.29 is 4.74 Å². The largest absolute Gasteiger partial charge is 0.377 e. The summed E-state index contributed by atoms with van der Waals surface area (Å²) in [5.74, 6) is 0. The number of nitrogens with one attached hydrogen (secondary N) is 1. The van der Waals surface area contributed by atoms with Gasteiger partial charge in [0.1, 0.15) is 4.60 Å². The van der Waals surface area contributed by atoms with Crippen LogP contribution in [0.5, 0.6) is 0 Å². The first kappa shape index (κ1) is 8.97. The molecule has 1 saturated heterocycles. The first-order valence-corrected chi connectivity index (χ1v) is 5.01. The van der Waals surface area contributed by atoms with Gasteiger partial charge in [0.15, 0.2) is 0 Å². The van der Waals surface area contributed by atoms with E-state index < -0.39 is 0 Å². The lowest BCUT2D eigenvalue weighted by atomic mass is 10.2. The van der Waals surface area contributed by atoms with Crippen LogP contribution in [0.1, 0.15) is 5.56 Å². The third-order valence-electron chi connectivity index (χ3n) is 2.02. The highest BCUT2D eigenvalue weighted by Crippen LogP contribution is 2.18. The van der Waals surface area contributed by atoms with Gasteiger partial charge >= 0.3 is 0 Å². The van der Waals surface area contributed by atoms with Crippen LogP contribution in [0.4, 0.5) is 5.69 Å². The van der Waals surface area contributed by atoms with E-state index in [0.717, 1.165) is 29.1 Å². The van der Waals surface area contributed by atoms with E-state index in [4.69, 9.17) is 4.74 Å². The van der Waals surface area contributed by atoms with E-state index in [9.17, 15) is 0 Å². The SMILES string of the molecule is Cc1cc(NC2COC2)cnc1Br. The van der Waals surface area contributed by atoms with Crippen molar-refractivity contribution in [3.63, 3.8) is 0 Å². The summed E-state index contributed by atoms with van der Waals surface area (Å²) in [5, 5.41) is 3.34. The van der Waals surface area contributed by atoms with E-state index in [1.807, 2.05) is 13.1 Å². The minimum absolute atomic E-state index is 0.461.